The zero-order valence-corrected chi connectivity index (χ0v) is 17.6. The first kappa shape index (κ1) is 21.3. The van der Waals surface area contributed by atoms with Crippen molar-refractivity contribution in [2.45, 2.75) is 97.0 Å². The van der Waals surface area contributed by atoms with Crippen molar-refractivity contribution in [3.63, 3.8) is 0 Å². The van der Waals surface area contributed by atoms with E-state index in [1.165, 1.54) is 26.2 Å². The van der Waals surface area contributed by atoms with Crippen LogP contribution >= 0.6 is 0 Å². The van der Waals surface area contributed by atoms with Gasteiger partial charge in [0.25, 0.3) is 0 Å². The average molecular weight is 372 g/mol. The Morgan fingerprint density at radius 1 is 1.33 bits per heavy atom. The van der Waals surface area contributed by atoms with E-state index in [-0.39, 0.29) is 17.3 Å². The SMILES string of the molecule is CCCCCCC(C)(C)c1cc(OC(C)=O)c2c(c1)OC(C)(C)CC2C#N. The average Bonchev–Trinajstić information content (AvgIpc) is 2.56. The van der Waals surface area contributed by atoms with Gasteiger partial charge in [0.15, 0.2) is 0 Å². The summed E-state index contributed by atoms with van der Waals surface area (Å²) in [5.41, 5.74) is 1.30. The van der Waals surface area contributed by atoms with Crippen LogP contribution in [0, 0.1) is 11.3 Å². The molecule has 0 aliphatic carbocycles. The van der Waals surface area contributed by atoms with Gasteiger partial charge in [0.1, 0.15) is 17.1 Å². The number of benzene rings is 1. The van der Waals surface area contributed by atoms with Crippen LogP contribution in [0.1, 0.15) is 97.1 Å². The summed E-state index contributed by atoms with van der Waals surface area (Å²) < 4.78 is 11.7. The molecule has 1 unspecified atom stereocenters. The van der Waals surface area contributed by atoms with E-state index >= 15 is 0 Å². The van der Waals surface area contributed by atoms with Gasteiger partial charge < -0.3 is 9.47 Å². The van der Waals surface area contributed by atoms with E-state index in [1.54, 1.807) is 0 Å². The minimum Gasteiger partial charge on any atom is -0.487 e. The molecule has 1 aromatic carbocycles. The van der Waals surface area contributed by atoms with Gasteiger partial charge in [-0.15, -0.1) is 0 Å². The summed E-state index contributed by atoms with van der Waals surface area (Å²) in [6.45, 7) is 12.0. The van der Waals surface area contributed by atoms with Crippen molar-refractivity contribution >= 4 is 5.97 Å². The van der Waals surface area contributed by atoms with E-state index in [0.717, 1.165) is 18.4 Å². The standard InChI is InChI=1S/C23H33NO3/c1-7-8-9-10-11-22(3,4)18-12-19(26-16(2)25)21-17(15-24)14-23(5,6)27-20(21)13-18/h12-13,17H,7-11,14H2,1-6H3. The van der Waals surface area contributed by atoms with Crippen LogP contribution in [0.2, 0.25) is 0 Å². The Morgan fingerprint density at radius 2 is 2.04 bits per heavy atom. The lowest BCUT2D eigenvalue weighted by Crippen LogP contribution is -2.35. The van der Waals surface area contributed by atoms with Crippen molar-refractivity contribution < 1.29 is 14.3 Å². The first-order chi connectivity index (χ1) is 12.6. The van der Waals surface area contributed by atoms with Gasteiger partial charge in [0, 0.05) is 13.3 Å². The molecule has 0 fully saturated rings. The van der Waals surface area contributed by atoms with E-state index in [1.807, 2.05) is 26.0 Å². The van der Waals surface area contributed by atoms with Crippen molar-refractivity contribution in [1.82, 2.24) is 0 Å². The highest BCUT2D eigenvalue weighted by molar-refractivity contribution is 5.71. The van der Waals surface area contributed by atoms with E-state index in [0.29, 0.717) is 23.5 Å². The first-order valence-electron chi connectivity index (χ1n) is 10.0. The van der Waals surface area contributed by atoms with E-state index in [4.69, 9.17) is 9.47 Å². The summed E-state index contributed by atoms with van der Waals surface area (Å²) in [6.07, 6.45) is 6.48. The molecule has 0 radical (unpaired) electrons. The van der Waals surface area contributed by atoms with Crippen molar-refractivity contribution in [3.05, 3.63) is 23.3 Å². The monoisotopic (exact) mass is 371 g/mol. The Hall–Kier alpha value is -2.02. The van der Waals surface area contributed by atoms with E-state index < -0.39 is 5.60 Å². The first-order valence-corrected chi connectivity index (χ1v) is 10.0. The molecule has 0 bridgehead atoms. The fourth-order valence-corrected chi connectivity index (χ4v) is 3.84. The molecule has 1 atom stereocenters. The molecule has 4 nitrogen and oxygen atoms in total. The summed E-state index contributed by atoms with van der Waals surface area (Å²) in [5, 5.41) is 9.68. The highest BCUT2D eigenvalue weighted by Gasteiger charge is 2.38. The third-order valence-corrected chi connectivity index (χ3v) is 5.38. The molecule has 2 rings (SSSR count). The van der Waals surface area contributed by atoms with Gasteiger partial charge in [-0.3, -0.25) is 4.79 Å². The number of rotatable bonds is 7. The molecular weight excluding hydrogens is 338 g/mol. The number of nitrogens with zero attached hydrogens (tertiary/aromatic N) is 1. The molecule has 1 aliphatic rings. The van der Waals surface area contributed by atoms with Crippen molar-refractivity contribution in [3.8, 4) is 17.6 Å². The largest absolute Gasteiger partial charge is 0.487 e. The number of hydrogen-bond acceptors (Lipinski definition) is 4. The maximum Gasteiger partial charge on any atom is 0.308 e. The lowest BCUT2D eigenvalue weighted by Gasteiger charge is -2.37. The number of carbonyl (C=O) groups is 1. The highest BCUT2D eigenvalue weighted by atomic mass is 16.5. The molecule has 0 amide bonds. The fourth-order valence-electron chi connectivity index (χ4n) is 3.84. The maximum atomic E-state index is 11.7. The maximum absolute atomic E-state index is 11.7. The van der Waals surface area contributed by atoms with Gasteiger partial charge in [0.05, 0.1) is 17.6 Å². The summed E-state index contributed by atoms with van der Waals surface area (Å²) in [7, 11) is 0. The quantitative estimate of drug-likeness (QED) is 0.334. The number of esters is 1. The predicted octanol–water partition coefficient (Wildman–Crippen LogP) is 6.03. The van der Waals surface area contributed by atoms with Gasteiger partial charge in [0.2, 0.25) is 0 Å². The zero-order chi connectivity index (χ0) is 20.2. The lowest BCUT2D eigenvalue weighted by molar-refractivity contribution is -0.131. The molecule has 1 heterocycles. The van der Waals surface area contributed by atoms with Crippen molar-refractivity contribution in [2.24, 2.45) is 0 Å². The lowest BCUT2D eigenvalue weighted by atomic mass is 9.77. The van der Waals surface area contributed by atoms with Crippen LogP contribution in [-0.2, 0) is 10.2 Å². The molecular formula is C23H33NO3. The fraction of sp³-hybridized carbons (Fsp3) is 0.652. The van der Waals surface area contributed by atoms with Crippen LogP contribution in [-0.4, -0.2) is 11.6 Å². The minimum absolute atomic E-state index is 0.0647. The number of unbranched alkanes of at least 4 members (excludes halogenated alkanes) is 3. The molecule has 4 heteroatoms. The third-order valence-electron chi connectivity index (χ3n) is 5.38. The molecule has 27 heavy (non-hydrogen) atoms. The Bertz CT molecular complexity index is 728. The van der Waals surface area contributed by atoms with Crippen LogP contribution < -0.4 is 9.47 Å². The zero-order valence-electron chi connectivity index (χ0n) is 17.6. The van der Waals surface area contributed by atoms with Crippen LogP contribution in [0.5, 0.6) is 11.5 Å². The number of carbonyl (C=O) groups excluding carboxylic acids is 1. The van der Waals surface area contributed by atoms with Crippen LogP contribution in [0.25, 0.3) is 0 Å². The second-order valence-corrected chi connectivity index (χ2v) is 8.92. The summed E-state index contributed by atoms with van der Waals surface area (Å²) >= 11 is 0. The van der Waals surface area contributed by atoms with Crippen LogP contribution in [0.15, 0.2) is 12.1 Å². The van der Waals surface area contributed by atoms with Crippen LogP contribution in [0.4, 0.5) is 0 Å². The molecule has 0 saturated carbocycles. The van der Waals surface area contributed by atoms with E-state index in [9.17, 15) is 10.1 Å². The molecule has 1 aliphatic heterocycles. The summed E-state index contributed by atoms with van der Waals surface area (Å²) in [5.74, 6) is 0.420. The Morgan fingerprint density at radius 3 is 2.63 bits per heavy atom. The topological polar surface area (TPSA) is 59.3 Å². The Kier molecular flexibility index (Phi) is 6.57. The van der Waals surface area contributed by atoms with Crippen molar-refractivity contribution in [1.29, 1.82) is 5.26 Å². The van der Waals surface area contributed by atoms with Crippen molar-refractivity contribution in [2.75, 3.05) is 0 Å². The summed E-state index contributed by atoms with van der Waals surface area (Å²) in [4.78, 5) is 11.7. The molecule has 0 spiro atoms. The molecule has 0 saturated heterocycles. The van der Waals surface area contributed by atoms with Gasteiger partial charge in [-0.1, -0.05) is 46.5 Å². The summed E-state index contributed by atoms with van der Waals surface area (Å²) in [6, 6.07) is 6.35. The normalized spacial score (nSPS) is 18.2. The van der Waals surface area contributed by atoms with Gasteiger partial charge in [-0.2, -0.15) is 5.26 Å². The second-order valence-electron chi connectivity index (χ2n) is 8.92. The van der Waals surface area contributed by atoms with E-state index in [2.05, 4.69) is 26.8 Å². The van der Waals surface area contributed by atoms with Gasteiger partial charge >= 0.3 is 5.97 Å². The smallest absolute Gasteiger partial charge is 0.308 e. The van der Waals surface area contributed by atoms with Gasteiger partial charge in [-0.05, 0) is 43.4 Å². The molecule has 0 aromatic heterocycles. The number of ether oxygens (including phenoxy) is 2. The molecule has 148 valence electrons. The van der Waals surface area contributed by atoms with Gasteiger partial charge in [-0.25, -0.2) is 0 Å². The number of fused-ring (bicyclic) bond motifs is 1. The number of nitriles is 1. The minimum atomic E-state index is -0.426. The molecule has 0 N–H and O–H groups in total. The second kappa shape index (κ2) is 8.33. The van der Waals surface area contributed by atoms with Crippen LogP contribution in [0.3, 0.4) is 0 Å². The predicted molar refractivity (Wildman–Crippen MR) is 107 cm³/mol. The highest BCUT2D eigenvalue weighted by Crippen LogP contribution is 2.48. The number of hydrogen-bond donors (Lipinski definition) is 0. The Balaban J connectivity index is 2.46. The Labute approximate surface area is 163 Å². The molecule has 1 aromatic rings. The third kappa shape index (κ3) is 5.25.